The summed E-state index contributed by atoms with van der Waals surface area (Å²) in [5.74, 6) is 1.06. The summed E-state index contributed by atoms with van der Waals surface area (Å²) in [5.41, 5.74) is 0.961. The Kier molecular flexibility index (Phi) is 3.93. The van der Waals surface area contributed by atoms with Crippen molar-refractivity contribution in [2.75, 3.05) is 18.4 Å². The van der Waals surface area contributed by atoms with Crippen LogP contribution in [0.2, 0.25) is 0 Å². The number of nitrogens with one attached hydrogen (secondary N) is 2. The summed E-state index contributed by atoms with van der Waals surface area (Å²) in [5, 5.41) is 14.2. The lowest BCUT2D eigenvalue weighted by Crippen LogP contribution is -2.28. The number of aromatic nitrogens is 1. The SMILES string of the molecule is O=C(O)Nc1cccc(CC2CCNCC2)n1. The van der Waals surface area contributed by atoms with Crippen molar-refractivity contribution in [3.05, 3.63) is 23.9 Å². The van der Waals surface area contributed by atoms with E-state index < -0.39 is 6.09 Å². The van der Waals surface area contributed by atoms with Crippen molar-refractivity contribution in [2.45, 2.75) is 19.3 Å². The summed E-state index contributed by atoms with van der Waals surface area (Å²) in [6.07, 6.45) is 2.18. The van der Waals surface area contributed by atoms with E-state index in [2.05, 4.69) is 15.6 Å². The van der Waals surface area contributed by atoms with Crippen LogP contribution in [-0.2, 0) is 6.42 Å². The largest absolute Gasteiger partial charge is 0.465 e. The fourth-order valence-corrected chi connectivity index (χ4v) is 2.15. The molecule has 1 aromatic heterocycles. The highest BCUT2D eigenvalue weighted by Crippen LogP contribution is 2.17. The van der Waals surface area contributed by atoms with Crippen LogP contribution in [0.3, 0.4) is 0 Å². The van der Waals surface area contributed by atoms with Gasteiger partial charge in [-0.2, -0.15) is 0 Å². The molecule has 0 atom stereocenters. The summed E-state index contributed by atoms with van der Waals surface area (Å²) < 4.78 is 0. The average molecular weight is 235 g/mol. The molecule has 0 radical (unpaired) electrons. The molecule has 2 heterocycles. The van der Waals surface area contributed by atoms with Gasteiger partial charge < -0.3 is 10.4 Å². The Labute approximate surface area is 100 Å². The molecule has 5 heteroatoms. The zero-order chi connectivity index (χ0) is 12.1. The number of hydrogen-bond donors (Lipinski definition) is 3. The quantitative estimate of drug-likeness (QED) is 0.745. The third-order valence-corrected chi connectivity index (χ3v) is 3.00. The topological polar surface area (TPSA) is 74.2 Å². The molecular weight excluding hydrogens is 218 g/mol. The summed E-state index contributed by atoms with van der Waals surface area (Å²) in [6.45, 7) is 2.13. The van der Waals surface area contributed by atoms with Crippen LogP contribution < -0.4 is 10.6 Å². The number of rotatable bonds is 3. The molecule has 0 bridgehead atoms. The van der Waals surface area contributed by atoms with Crippen LogP contribution in [0.1, 0.15) is 18.5 Å². The molecule has 1 saturated heterocycles. The predicted octanol–water partition coefficient (Wildman–Crippen LogP) is 1.71. The van der Waals surface area contributed by atoms with Gasteiger partial charge >= 0.3 is 6.09 Å². The average Bonchev–Trinajstić information content (AvgIpc) is 2.30. The molecule has 92 valence electrons. The Balaban J connectivity index is 1.97. The second-order valence-electron chi connectivity index (χ2n) is 4.34. The second kappa shape index (κ2) is 5.63. The fraction of sp³-hybridized carbons (Fsp3) is 0.500. The minimum absolute atomic E-state index is 0.406. The van der Waals surface area contributed by atoms with E-state index in [0.717, 1.165) is 38.0 Å². The van der Waals surface area contributed by atoms with E-state index >= 15 is 0 Å². The van der Waals surface area contributed by atoms with Crippen molar-refractivity contribution in [3.8, 4) is 0 Å². The summed E-state index contributed by atoms with van der Waals surface area (Å²) in [6, 6.07) is 5.46. The first-order chi connectivity index (χ1) is 8.24. The minimum Gasteiger partial charge on any atom is -0.465 e. The lowest BCUT2D eigenvalue weighted by Gasteiger charge is -2.22. The minimum atomic E-state index is -1.07. The molecule has 1 aliphatic rings. The van der Waals surface area contributed by atoms with E-state index in [1.807, 2.05) is 12.1 Å². The van der Waals surface area contributed by atoms with Gasteiger partial charge in [0, 0.05) is 5.69 Å². The lowest BCUT2D eigenvalue weighted by atomic mass is 9.93. The number of pyridine rings is 1. The van der Waals surface area contributed by atoms with Gasteiger partial charge in [0.1, 0.15) is 5.82 Å². The summed E-state index contributed by atoms with van der Waals surface area (Å²) in [4.78, 5) is 14.8. The van der Waals surface area contributed by atoms with Gasteiger partial charge in [-0.05, 0) is 50.4 Å². The van der Waals surface area contributed by atoms with Gasteiger partial charge in [-0.1, -0.05) is 6.07 Å². The number of hydrogen-bond acceptors (Lipinski definition) is 3. The van der Waals surface area contributed by atoms with Crippen LogP contribution in [0.5, 0.6) is 0 Å². The standard InChI is InChI=1S/C12H17N3O2/c16-12(17)15-11-3-1-2-10(14-11)8-9-4-6-13-7-5-9/h1-3,9,13H,4-8H2,(H,14,15)(H,16,17). The van der Waals surface area contributed by atoms with Crippen molar-refractivity contribution < 1.29 is 9.90 Å². The van der Waals surface area contributed by atoms with E-state index in [4.69, 9.17) is 5.11 Å². The Morgan fingerprint density at radius 1 is 1.47 bits per heavy atom. The molecule has 0 aromatic carbocycles. The molecule has 0 aliphatic carbocycles. The fourth-order valence-electron chi connectivity index (χ4n) is 2.15. The molecule has 0 unspecified atom stereocenters. The van der Waals surface area contributed by atoms with Crippen LogP contribution in [-0.4, -0.2) is 29.3 Å². The molecule has 1 aromatic rings. The van der Waals surface area contributed by atoms with Crippen molar-refractivity contribution >= 4 is 11.9 Å². The van der Waals surface area contributed by atoms with Gasteiger partial charge in [0.2, 0.25) is 0 Å². The smallest absolute Gasteiger partial charge is 0.410 e. The van der Waals surface area contributed by atoms with E-state index in [0.29, 0.717) is 11.7 Å². The highest BCUT2D eigenvalue weighted by Gasteiger charge is 2.14. The van der Waals surface area contributed by atoms with Crippen LogP contribution in [0, 0.1) is 5.92 Å². The number of carboxylic acid groups (broad SMARTS) is 1. The first-order valence-corrected chi connectivity index (χ1v) is 5.90. The normalized spacial score (nSPS) is 16.7. The van der Waals surface area contributed by atoms with Crippen molar-refractivity contribution in [1.29, 1.82) is 0 Å². The predicted molar refractivity (Wildman–Crippen MR) is 65.2 cm³/mol. The first-order valence-electron chi connectivity index (χ1n) is 5.90. The summed E-state index contributed by atoms with van der Waals surface area (Å²) >= 11 is 0. The maximum absolute atomic E-state index is 10.5. The number of piperidine rings is 1. The van der Waals surface area contributed by atoms with Crippen LogP contribution in [0.25, 0.3) is 0 Å². The van der Waals surface area contributed by atoms with Crippen molar-refractivity contribution in [3.63, 3.8) is 0 Å². The van der Waals surface area contributed by atoms with Crippen LogP contribution in [0.15, 0.2) is 18.2 Å². The second-order valence-corrected chi connectivity index (χ2v) is 4.34. The van der Waals surface area contributed by atoms with Gasteiger partial charge in [-0.3, -0.25) is 5.32 Å². The summed E-state index contributed by atoms with van der Waals surface area (Å²) in [7, 11) is 0. The van der Waals surface area contributed by atoms with E-state index in [1.54, 1.807) is 6.07 Å². The Morgan fingerprint density at radius 2 is 2.24 bits per heavy atom. The Bertz CT molecular complexity index is 389. The van der Waals surface area contributed by atoms with Gasteiger partial charge in [0.25, 0.3) is 0 Å². The van der Waals surface area contributed by atoms with E-state index in [1.165, 1.54) is 0 Å². The monoisotopic (exact) mass is 235 g/mol. The highest BCUT2D eigenvalue weighted by molar-refractivity contribution is 5.81. The van der Waals surface area contributed by atoms with Gasteiger partial charge in [0.15, 0.2) is 0 Å². The van der Waals surface area contributed by atoms with Crippen molar-refractivity contribution in [1.82, 2.24) is 10.3 Å². The molecule has 0 saturated carbocycles. The molecule has 5 nitrogen and oxygen atoms in total. The molecule has 1 aliphatic heterocycles. The first kappa shape index (κ1) is 11.9. The highest BCUT2D eigenvalue weighted by atomic mass is 16.4. The van der Waals surface area contributed by atoms with Crippen molar-refractivity contribution in [2.24, 2.45) is 5.92 Å². The molecule has 1 fully saturated rings. The Morgan fingerprint density at radius 3 is 2.94 bits per heavy atom. The van der Waals surface area contributed by atoms with Crippen LogP contribution >= 0.6 is 0 Å². The number of nitrogens with zero attached hydrogens (tertiary/aromatic N) is 1. The number of carbonyl (C=O) groups is 1. The van der Waals surface area contributed by atoms with Crippen LogP contribution in [0.4, 0.5) is 10.6 Å². The molecule has 1 amide bonds. The third-order valence-electron chi connectivity index (χ3n) is 3.00. The zero-order valence-corrected chi connectivity index (χ0v) is 9.65. The van der Waals surface area contributed by atoms with Gasteiger partial charge in [0.05, 0.1) is 0 Å². The Hall–Kier alpha value is -1.62. The number of amides is 1. The van der Waals surface area contributed by atoms with E-state index in [9.17, 15) is 4.79 Å². The lowest BCUT2D eigenvalue weighted by molar-refractivity contribution is 0.209. The molecule has 2 rings (SSSR count). The molecule has 3 N–H and O–H groups in total. The maximum atomic E-state index is 10.5. The maximum Gasteiger partial charge on any atom is 0.410 e. The zero-order valence-electron chi connectivity index (χ0n) is 9.65. The van der Waals surface area contributed by atoms with Gasteiger partial charge in [-0.15, -0.1) is 0 Å². The molecule has 17 heavy (non-hydrogen) atoms. The van der Waals surface area contributed by atoms with Gasteiger partial charge in [-0.25, -0.2) is 9.78 Å². The molecule has 0 spiro atoms. The van der Waals surface area contributed by atoms with E-state index in [-0.39, 0.29) is 0 Å². The number of anilines is 1. The third kappa shape index (κ3) is 3.71. The molecular formula is C12H17N3O2.